The summed E-state index contributed by atoms with van der Waals surface area (Å²) in [4.78, 5) is 11.0. The SMILES string of the molecule is CC(C)c1nc(N)cc(OCCN2CCCCC2)n1. The van der Waals surface area contributed by atoms with Crippen molar-refractivity contribution in [2.45, 2.75) is 39.0 Å². The zero-order chi connectivity index (χ0) is 13.7. The van der Waals surface area contributed by atoms with Gasteiger partial charge in [0, 0.05) is 18.5 Å². The van der Waals surface area contributed by atoms with Crippen molar-refractivity contribution in [3.63, 3.8) is 0 Å². The maximum Gasteiger partial charge on any atom is 0.218 e. The Morgan fingerprint density at radius 1 is 1.26 bits per heavy atom. The Kier molecular flexibility index (Phi) is 4.96. The van der Waals surface area contributed by atoms with Crippen molar-refractivity contribution in [1.82, 2.24) is 14.9 Å². The number of nitrogens with two attached hydrogens (primary N) is 1. The topological polar surface area (TPSA) is 64.3 Å². The minimum atomic E-state index is 0.257. The number of likely N-dealkylation sites (tertiary alicyclic amines) is 1. The fourth-order valence-corrected chi connectivity index (χ4v) is 2.26. The third-order valence-electron chi connectivity index (χ3n) is 3.36. The lowest BCUT2D eigenvalue weighted by Gasteiger charge is -2.26. The first-order chi connectivity index (χ1) is 9.15. The van der Waals surface area contributed by atoms with Crippen LogP contribution < -0.4 is 10.5 Å². The van der Waals surface area contributed by atoms with E-state index in [1.807, 2.05) is 13.8 Å². The second-order valence-corrected chi connectivity index (χ2v) is 5.39. The fraction of sp³-hybridized carbons (Fsp3) is 0.714. The van der Waals surface area contributed by atoms with Crippen molar-refractivity contribution >= 4 is 5.82 Å². The Bertz CT molecular complexity index is 402. The van der Waals surface area contributed by atoms with Gasteiger partial charge >= 0.3 is 0 Å². The van der Waals surface area contributed by atoms with Crippen molar-refractivity contribution < 1.29 is 4.74 Å². The van der Waals surface area contributed by atoms with Crippen molar-refractivity contribution in [2.75, 3.05) is 32.0 Å². The molecule has 2 rings (SSSR count). The van der Waals surface area contributed by atoms with Crippen LogP contribution in [0.25, 0.3) is 0 Å². The van der Waals surface area contributed by atoms with Gasteiger partial charge in [0.25, 0.3) is 0 Å². The molecule has 1 aromatic heterocycles. The molecule has 0 bridgehead atoms. The van der Waals surface area contributed by atoms with Gasteiger partial charge < -0.3 is 10.5 Å². The van der Waals surface area contributed by atoms with Crippen molar-refractivity contribution in [3.05, 3.63) is 11.9 Å². The van der Waals surface area contributed by atoms with Gasteiger partial charge in [-0.15, -0.1) is 0 Å². The molecule has 0 aromatic carbocycles. The average molecular weight is 264 g/mol. The minimum Gasteiger partial charge on any atom is -0.476 e. The highest BCUT2D eigenvalue weighted by Gasteiger charge is 2.11. The zero-order valence-corrected chi connectivity index (χ0v) is 11.9. The maximum absolute atomic E-state index is 5.77. The predicted molar refractivity (Wildman–Crippen MR) is 76.3 cm³/mol. The molecule has 0 aliphatic carbocycles. The van der Waals surface area contributed by atoms with E-state index in [-0.39, 0.29) is 5.92 Å². The summed E-state index contributed by atoms with van der Waals surface area (Å²) in [5.74, 6) is 2.07. The van der Waals surface area contributed by atoms with E-state index in [2.05, 4.69) is 14.9 Å². The summed E-state index contributed by atoms with van der Waals surface area (Å²) in [6, 6.07) is 1.70. The van der Waals surface area contributed by atoms with Crippen LogP contribution in [-0.4, -0.2) is 41.1 Å². The molecule has 0 spiro atoms. The maximum atomic E-state index is 5.77. The van der Waals surface area contributed by atoms with Crippen LogP contribution in [0.4, 0.5) is 5.82 Å². The number of nitrogen functional groups attached to an aromatic ring is 1. The lowest BCUT2D eigenvalue weighted by atomic mass is 10.1. The van der Waals surface area contributed by atoms with E-state index < -0.39 is 0 Å². The van der Waals surface area contributed by atoms with Crippen LogP contribution in [0, 0.1) is 0 Å². The van der Waals surface area contributed by atoms with Crippen LogP contribution >= 0.6 is 0 Å². The Morgan fingerprint density at radius 3 is 2.68 bits per heavy atom. The largest absolute Gasteiger partial charge is 0.476 e. The average Bonchev–Trinajstić information content (AvgIpc) is 2.39. The molecule has 0 amide bonds. The van der Waals surface area contributed by atoms with Crippen LogP contribution in [0.3, 0.4) is 0 Å². The van der Waals surface area contributed by atoms with Crippen LogP contribution in [-0.2, 0) is 0 Å². The monoisotopic (exact) mass is 264 g/mol. The first-order valence-electron chi connectivity index (χ1n) is 7.15. The molecule has 2 N–H and O–H groups in total. The lowest BCUT2D eigenvalue weighted by Crippen LogP contribution is -2.33. The van der Waals surface area contributed by atoms with Gasteiger partial charge in [-0.2, -0.15) is 4.98 Å². The highest BCUT2D eigenvalue weighted by Crippen LogP contribution is 2.16. The number of hydrogen-bond donors (Lipinski definition) is 1. The third-order valence-corrected chi connectivity index (χ3v) is 3.36. The summed E-state index contributed by atoms with van der Waals surface area (Å²) in [7, 11) is 0. The Balaban J connectivity index is 1.84. The Labute approximate surface area is 115 Å². The quantitative estimate of drug-likeness (QED) is 0.881. The summed E-state index contributed by atoms with van der Waals surface area (Å²) in [5, 5.41) is 0. The van der Waals surface area contributed by atoms with Gasteiger partial charge in [-0.25, -0.2) is 4.98 Å². The van der Waals surface area contributed by atoms with Gasteiger partial charge in [-0.1, -0.05) is 20.3 Å². The molecule has 106 valence electrons. The molecule has 1 aliphatic rings. The summed E-state index contributed by atoms with van der Waals surface area (Å²) >= 11 is 0. The van der Waals surface area contributed by atoms with E-state index in [0.29, 0.717) is 18.3 Å². The van der Waals surface area contributed by atoms with Gasteiger partial charge in [0.1, 0.15) is 18.2 Å². The molecule has 1 aliphatic heterocycles. The van der Waals surface area contributed by atoms with Crippen LogP contribution in [0.15, 0.2) is 6.07 Å². The molecule has 1 saturated heterocycles. The summed E-state index contributed by atoms with van der Waals surface area (Å²) in [5.41, 5.74) is 5.77. The molecule has 5 nitrogen and oxygen atoms in total. The van der Waals surface area contributed by atoms with Crippen LogP contribution in [0.1, 0.15) is 44.9 Å². The molecule has 0 saturated carbocycles. The molecule has 0 radical (unpaired) electrons. The number of nitrogens with zero attached hydrogens (tertiary/aromatic N) is 3. The number of hydrogen-bond acceptors (Lipinski definition) is 5. The smallest absolute Gasteiger partial charge is 0.218 e. The predicted octanol–water partition coefficient (Wildman–Crippen LogP) is 2.05. The molecule has 1 fully saturated rings. The van der Waals surface area contributed by atoms with E-state index in [9.17, 15) is 0 Å². The second kappa shape index (κ2) is 6.70. The van der Waals surface area contributed by atoms with Crippen molar-refractivity contribution in [2.24, 2.45) is 0 Å². The molecule has 2 heterocycles. The number of anilines is 1. The number of rotatable bonds is 5. The van der Waals surface area contributed by atoms with Crippen LogP contribution in [0.2, 0.25) is 0 Å². The molecular weight excluding hydrogens is 240 g/mol. The van der Waals surface area contributed by atoms with Gasteiger partial charge in [0.15, 0.2) is 0 Å². The molecule has 19 heavy (non-hydrogen) atoms. The highest BCUT2D eigenvalue weighted by molar-refractivity contribution is 5.33. The molecule has 0 unspecified atom stereocenters. The minimum absolute atomic E-state index is 0.257. The van der Waals surface area contributed by atoms with E-state index in [1.165, 1.54) is 32.4 Å². The van der Waals surface area contributed by atoms with E-state index >= 15 is 0 Å². The fourth-order valence-electron chi connectivity index (χ4n) is 2.26. The standard InChI is InChI=1S/C14H24N4O/c1-11(2)14-16-12(15)10-13(17-14)19-9-8-18-6-4-3-5-7-18/h10-11H,3-9H2,1-2H3,(H2,15,16,17). The molecule has 0 atom stereocenters. The zero-order valence-electron chi connectivity index (χ0n) is 11.9. The van der Waals surface area contributed by atoms with E-state index in [4.69, 9.17) is 10.5 Å². The summed E-state index contributed by atoms with van der Waals surface area (Å²) < 4.78 is 5.71. The Morgan fingerprint density at radius 2 is 2.00 bits per heavy atom. The van der Waals surface area contributed by atoms with E-state index in [0.717, 1.165) is 12.4 Å². The number of piperidine rings is 1. The second-order valence-electron chi connectivity index (χ2n) is 5.39. The van der Waals surface area contributed by atoms with Gasteiger partial charge in [-0.05, 0) is 25.9 Å². The molecule has 1 aromatic rings. The van der Waals surface area contributed by atoms with Crippen molar-refractivity contribution in [1.29, 1.82) is 0 Å². The highest BCUT2D eigenvalue weighted by atomic mass is 16.5. The third kappa shape index (κ3) is 4.35. The number of ether oxygens (including phenoxy) is 1. The number of aromatic nitrogens is 2. The van der Waals surface area contributed by atoms with Crippen LogP contribution in [0.5, 0.6) is 5.88 Å². The van der Waals surface area contributed by atoms with Crippen molar-refractivity contribution in [3.8, 4) is 5.88 Å². The van der Waals surface area contributed by atoms with Gasteiger partial charge in [-0.3, -0.25) is 4.90 Å². The van der Waals surface area contributed by atoms with E-state index in [1.54, 1.807) is 6.07 Å². The van der Waals surface area contributed by atoms with Gasteiger partial charge in [0.2, 0.25) is 5.88 Å². The molecule has 5 heteroatoms. The van der Waals surface area contributed by atoms with Gasteiger partial charge in [0.05, 0.1) is 0 Å². The summed E-state index contributed by atoms with van der Waals surface area (Å²) in [6.07, 6.45) is 3.97. The first kappa shape index (κ1) is 14.1. The first-order valence-corrected chi connectivity index (χ1v) is 7.15. The summed E-state index contributed by atoms with van der Waals surface area (Å²) in [6.45, 7) is 8.09. The lowest BCUT2D eigenvalue weighted by molar-refractivity contribution is 0.180. The molecular formula is C14H24N4O. The normalized spacial score (nSPS) is 16.8. The Hall–Kier alpha value is -1.36.